The molecule has 1 aliphatic heterocycles. The van der Waals surface area contributed by atoms with E-state index in [4.69, 9.17) is 21.1 Å². The molecule has 1 rings (SSSR count). The molecule has 90 valence electrons. The first-order valence-corrected chi connectivity index (χ1v) is 8.24. The van der Waals surface area contributed by atoms with Crippen LogP contribution in [0.4, 0.5) is 0 Å². The van der Waals surface area contributed by atoms with Crippen molar-refractivity contribution in [1.82, 2.24) is 4.67 Å². The number of nitrogens with zero attached hydrogens (tertiary/aromatic N) is 1. The van der Waals surface area contributed by atoms with E-state index in [1.165, 1.54) is 0 Å². The number of hydrogen-bond donors (Lipinski definition) is 0. The number of rotatable bonds is 3. The highest BCUT2D eigenvalue weighted by atomic mass is 32.4. The molecule has 3 atom stereocenters. The van der Waals surface area contributed by atoms with Crippen molar-refractivity contribution in [3.05, 3.63) is 0 Å². The van der Waals surface area contributed by atoms with Gasteiger partial charge in [0.05, 0.1) is 6.10 Å². The molecule has 1 heterocycles. The maximum Gasteiger partial charge on any atom is 0.160 e. The Kier molecular flexibility index (Phi) is 4.75. The van der Waals surface area contributed by atoms with Crippen molar-refractivity contribution in [2.24, 2.45) is 0 Å². The summed E-state index contributed by atoms with van der Waals surface area (Å²) in [5.74, 6) is 0.0117. The normalized spacial score (nSPS) is 35.7. The first-order valence-electron chi connectivity index (χ1n) is 5.50. The molecule has 0 N–H and O–H groups in total. The zero-order chi connectivity index (χ0) is 11.6. The molecule has 0 amide bonds. The van der Waals surface area contributed by atoms with E-state index in [0.29, 0.717) is 6.04 Å². The van der Waals surface area contributed by atoms with Crippen molar-refractivity contribution >= 4 is 18.2 Å². The van der Waals surface area contributed by atoms with Gasteiger partial charge < -0.3 is 9.26 Å². The maximum atomic E-state index is 6.03. The Morgan fingerprint density at radius 2 is 2.07 bits per heavy atom. The smallest absolute Gasteiger partial charge is 0.160 e. The van der Waals surface area contributed by atoms with Gasteiger partial charge in [-0.3, -0.25) is 0 Å². The first-order chi connectivity index (χ1) is 6.91. The minimum absolute atomic E-state index is 0.0117. The van der Waals surface area contributed by atoms with Crippen LogP contribution < -0.4 is 0 Å². The van der Waals surface area contributed by atoms with Gasteiger partial charge in [0.15, 0.2) is 6.42 Å². The van der Waals surface area contributed by atoms with Gasteiger partial charge >= 0.3 is 0 Å². The highest BCUT2D eigenvalue weighted by Crippen LogP contribution is 2.60. The molecular weight excluding hydrogens is 229 g/mol. The van der Waals surface area contributed by atoms with Crippen molar-refractivity contribution in [2.75, 3.05) is 13.7 Å². The number of methoxy groups -OCH3 is 1. The van der Waals surface area contributed by atoms with E-state index < -0.39 is 6.42 Å². The third kappa shape index (κ3) is 2.80. The van der Waals surface area contributed by atoms with Crippen LogP contribution in [0.3, 0.4) is 0 Å². The predicted molar refractivity (Wildman–Crippen MR) is 67.8 cm³/mol. The molecule has 1 aliphatic rings. The topological polar surface area (TPSA) is 21.7 Å². The van der Waals surface area contributed by atoms with Crippen LogP contribution >= 0.6 is 6.42 Å². The Morgan fingerprint density at radius 1 is 1.47 bits per heavy atom. The third-order valence-corrected chi connectivity index (χ3v) is 7.80. The van der Waals surface area contributed by atoms with E-state index in [1.807, 2.05) is 6.92 Å². The van der Waals surface area contributed by atoms with Crippen LogP contribution in [-0.4, -0.2) is 36.3 Å². The summed E-state index contributed by atoms with van der Waals surface area (Å²) in [5.41, 5.74) is 0. The number of hydrogen-bond acceptors (Lipinski definition) is 3. The van der Waals surface area contributed by atoms with E-state index in [2.05, 4.69) is 25.4 Å². The van der Waals surface area contributed by atoms with Gasteiger partial charge in [-0.1, -0.05) is 0 Å². The second kappa shape index (κ2) is 5.24. The van der Waals surface area contributed by atoms with Gasteiger partial charge in [0.1, 0.15) is 5.85 Å². The minimum atomic E-state index is -1.98. The fourth-order valence-corrected chi connectivity index (χ4v) is 5.98. The molecule has 0 bridgehead atoms. The van der Waals surface area contributed by atoms with Crippen LogP contribution in [0.5, 0.6) is 0 Å². The Bertz CT molecular complexity index is 260. The molecule has 0 aromatic carbocycles. The molecule has 5 heteroatoms. The predicted octanol–water partition coefficient (Wildman–Crippen LogP) is 2.81. The largest absolute Gasteiger partial charge is 0.373 e. The fraction of sp³-hybridized carbons (Fsp3) is 1.00. The Balaban J connectivity index is 2.91. The average Bonchev–Trinajstić information content (AvgIpc) is 2.15. The van der Waals surface area contributed by atoms with Crippen LogP contribution in [0.15, 0.2) is 0 Å². The summed E-state index contributed by atoms with van der Waals surface area (Å²) in [4.78, 5) is 0. The van der Waals surface area contributed by atoms with Crippen LogP contribution in [0.1, 0.15) is 34.1 Å². The Morgan fingerprint density at radius 3 is 2.53 bits per heavy atom. The van der Waals surface area contributed by atoms with Crippen molar-refractivity contribution < 1.29 is 9.26 Å². The molecule has 0 aliphatic carbocycles. The van der Waals surface area contributed by atoms with Gasteiger partial charge in [0.2, 0.25) is 0 Å². The highest BCUT2D eigenvalue weighted by molar-refractivity contribution is 8.11. The monoisotopic (exact) mass is 251 g/mol. The third-order valence-electron chi connectivity index (χ3n) is 2.85. The Labute approximate surface area is 98.3 Å². The quantitative estimate of drug-likeness (QED) is 0.719. The molecule has 1 fully saturated rings. The highest BCUT2D eigenvalue weighted by Gasteiger charge is 2.39. The lowest BCUT2D eigenvalue weighted by Crippen LogP contribution is -2.39. The molecule has 0 aromatic heterocycles. The van der Waals surface area contributed by atoms with Crippen LogP contribution in [0, 0.1) is 0 Å². The summed E-state index contributed by atoms with van der Waals surface area (Å²) in [5, 5.41) is 0. The standard InChI is InChI=1S/C10H22NO2PS/c1-8(2)11-7-6-9(3)13-14(11,15)10(4)12-5/h8-10H,6-7H2,1-5H3/t9-,10-,14-/m0/s1. The van der Waals surface area contributed by atoms with Crippen molar-refractivity contribution in [1.29, 1.82) is 0 Å². The van der Waals surface area contributed by atoms with E-state index in [-0.39, 0.29) is 11.9 Å². The van der Waals surface area contributed by atoms with Gasteiger partial charge in [-0.25, -0.2) is 4.67 Å². The van der Waals surface area contributed by atoms with Crippen LogP contribution in [-0.2, 0) is 21.1 Å². The summed E-state index contributed by atoms with van der Waals surface area (Å²) in [6.45, 7) is 9.49. The molecule has 0 aromatic rings. The second-order valence-electron chi connectivity index (χ2n) is 4.36. The van der Waals surface area contributed by atoms with Crippen LogP contribution in [0.2, 0.25) is 0 Å². The van der Waals surface area contributed by atoms with E-state index in [0.717, 1.165) is 13.0 Å². The van der Waals surface area contributed by atoms with Crippen molar-refractivity contribution in [3.63, 3.8) is 0 Å². The average molecular weight is 251 g/mol. The summed E-state index contributed by atoms with van der Waals surface area (Å²) in [7, 11) is 1.71. The van der Waals surface area contributed by atoms with Crippen LogP contribution in [0.25, 0.3) is 0 Å². The first kappa shape index (κ1) is 13.6. The lowest BCUT2D eigenvalue weighted by Gasteiger charge is -2.45. The number of ether oxygens (including phenoxy) is 1. The molecular formula is C10H22NO2PS. The minimum Gasteiger partial charge on any atom is -0.373 e. The molecule has 1 saturated heterocycles. The molecule has 0 radical (unpaired) electrons. The summed E-state index contributed by atoms with van der Waals surface area (Å²) in [6, 6.07) is 0.431. The van der Waals surface area contributed by atoms with Crippen molar-refractivity contribution in [3.8, 4) is 0 Å². The lowest BCUT2D eigenvalue weighted by atomic mass is 10.2. The second-order valence-corrected chi connectivity index (χ2v) is 8.51. The molecule has 15 heavy (non-hydrogen) atoms. The molecule has 3 nitrogen and oxygen atoms in total. The van der Waals surface area contributed by atoms with E-state index >= 15 is 0 Å². The SMILES string of the molecule is CO[C@H](C)[P@@]1(=S)O[C@@H](C)CCN1C(C)C. The lowest BCUT2D eigenvalue weighted by molar-refractivity contribution is 0.106. The fourth-order valence-electron chi connectivity index (χ4n) is 1.83. The molecule has 0 unspecified atom stereocenters. The van der Waals surface area contributed by atoms with Gasteiger partial charge in [0.25, 0.3) is 0 Å². The van der Waals surface area contributed by atoms with Crippen molar-refractivity contribution in [2.45, 2.75) is 52.1 Å². The molecule has 0 saturated carbocycles. The van der Waals surface area contributed by atoms with E-state index in [9.17, 15) is 0 Å². The summed E-state index contributed by atoms with van der Waals surface area (Å²) < 4.78 is 13.7. The summed E-state index contributed by atoms with van der Waals surface area (Å²) >= 11 is 5.74. The zero-order valence-corrected chi connectivity index (χ0v) is 12.0. The molecule has 0 spiro atoms. The van der Waals surface area contributed by atoms with Gasteiger partial charge in [-0.2, -0.15) is 0 Å². The van der Waals surface area contributed by atoms with Gasteiger partial charge in [-0.05, 0) is 45.9 Å². The Hall–Kier alpha value is 0.530. The zero-order valence-electron chi connectivity index (χ0n) is 10.3. The van der Waals surface area contributed by atoms with Gasteiger partial charge in [0, 0.05) is 19.7 Å². The van der Waals surface area contributed by atoms with Gasteiger partial charge in [-0.15, -0.1) is 0 Å². The van der Waals surface area contributed by atoms with E-state index in [1.54, 1.807) is 7.11 Å². The summed E-state index contributed by atoms with van der Waals surface area (Å²) in [6.07, 6.45) is -0.653. The maximum absolute atomic E-state index is 6.03.